The van der Waals surface area contributed by atoms with E-state index in [2.05, 4.69) is 67.5 Å². The summed E-state index contributed by atoms with van der Waals surface area (Å²) in [6.07, 6.45) is 6.54. The number of rotatable bonds is 9. The minimum atomic E-state index is -0.0326. The number of benzene rings is 2. The van der Waals surface area contributed by atoms with Crippen molar-refractivity contribution in [2.45, 2.75) is 44.3 Å². The zero-order valence-electron chi connectivity index (χ0n) is 25.2. The highest BCUT2D eigenvalue weighted by atomic mass is 16.5. The molecule has 7 rings (SSSR count). The van der Waals surface area contributed by atoms with Crippen LogP contribution in [0.3, 0.4) is 0 Å². The second-order valence-electron chi connectivity index (χ2n) is 12.1. The first-order valence-corrected chi connectivity index (χ1v) is 16.1. The Hall–Kier alpha value is -3.83. The Balaban J connectivity index is 1.16. The highest BCUT2D eigenvalue weighted by Crippen LogP contribution is 2.27. The van der Waals surface area contributed by atoms with Gasteiger partial charge in [-0.2, -0.15) is 4.98 Å². The molecule has 0 saturated carbocycles. The van der Waals surface area contributed by atoms with Gasteiger partial charge in [0.1, 0.15) is 5.65 Å². The van der Waals surface area contributed by atoms with Crippen LogP contribution in [0.5, 0.6) is 0 Å². The first-order valence-electron chi connectivity index (χ1n) is 16.1. The minimum absolute atomic E-state index is 0.0326. The van der Waals surface area contributed by atoms with Crippen LogP contribution in [0.1, 0.15) is 37.3 Å². The van der Waals surface area contributed by atoms with Crippen LogP contribution in [0.25, 0.3) is 22.2 Å². The Morgan fingerprint density at radius 2 is 1.73 bits per heavy atom. The van der Waals surface area contributed by atoms with Crippen molar-refractivity contribution >= 4 is 28.4 Å². The van der Waals surface area contributed by atoms with Gasteiger partial charge in [-0.15, -0.1) is 0 Å². The lowest BCUT2D eigenvalue weighted by molar-refractivity contribution is 0.0364. The van der Waals surface area contributed by atoms with Crippen LogP contribution in [0.2, 0.25) is 0 Å². The van der Waals surface area contributed by atoms with Crippen LogP contribution >= 0.6 is 0 Å². The molecule has 0 amide bonds. The van der Waals surface area contributed by atoms with Crippen LogP contribution < -0.4 is 26.8 Å². The number of anilines is 3. The topological polar surface area (TPSA) is 108 Å². The third-order valence-electron chi connectivity index (χ3n) is 9.06. The van der Waals surface area contributed by atoms with Crippen molar-refractivity contribution in [3.8, 4) is 11.1 Å². The molecule has 3 aliphatic heterocycles. The largest absolute Gasteiger partial charge is 0.381 e. The number of nitrogens with zero attached hydrogens (tertiary/aromatic N) is 4. The van der Waals surface area contributed by atoms with E-state index in [4.69, 9.17) is 9.72 Å². The van der Waals surface area contributed by atoms with Crippen LogP contribution in [-0.4, -0.2) is 78.0 Å². The van der Waals surface area contributed by atoms with Gasteiger partial charge in [0.2, 0.25) is 5.95 Å². The van der Waals surface area contributed by atoms with E-state index in [1.807, 2.05) is 29.0 Å². The number of ether oxygens (including phenoxy) is 1. The fraction of sp³-hybridized carbons (Fsp3) is 0.441. The first kappa shape index (κ1) is 28.9. The monoisotopic (exact) mass is 594 g/mol. The van der Waals surface area contributed by atoms with E-state index in [0.29, 0.717) is 35.8 Å². The van der Waals surface area contributed by atoms with E-state index < -0.39 is 0 Å². The summed E-state index contributed by atoms with van der Waals surface area (Å²) in [5, 5.41) is 14.8. The molecule has 3 saturated heterocycles. The molecule has 0 bridgehead atoms. The Kier molecular flexibility index (Phi) is 8.83. The molecule has 0 spiro atoms. The van der Waals surface area contributed by atoms with Crippen molar-refractivity contribution in [2.75, 3.05) is 63.1 Å². The minimum Gasteiger partial charge on any atom is -0.381 e. The molecular formula is C34H42N8O2. The van der Waals surface area contributed by atoms with Crippen molar-refractivity contribution < 1.29 is 4.74 Å². The molecule has 0 aliphatic carbocycles. The molecule has 2 aromatic carbocycles. The lowest BCUT2D eigenvalue weighted by atomic mass is 10.00. The molecular weight excluding hydrogens is 552 g/mol. The summed E-state index contributed by atoms with van der Waals surface area (Å²) in [5.74, 6) is 0.468. The van der Waals surface area contributed by atoms with Gasteiger partial charge in [0.15, 0.2) is 0 Å². The van der Waals surface area contributed by atoms with Gasteiger partial charge in [-0.1, -0.05) is 24.3 Å². The SMILES string of the molecule is O=c1c(-c2ccc(C3CCCN3)cc2)cc2cnc(Nc3ccc(NC4CCCNC4)cc3)nc2n1CCN1CCOCC1. The van der Waals surface area contributed by atoms with Crippen LogP contribution in [-0.2, 0) is 11.3 Å². The van der Waals surface area contributed by atoms with Crippen LogP contribution in [0.4, 0.5) is 17.3 Å². The van der Waals surface area contributed by atoms with Crippen molar-refractivity contribution in [3.05, 3.63) is 76.7 Å². The van der Waals surface area contributed by atoms with Crippen LogP contribution in [0, 0.1) is 0 Å². The first-order chi connectivity index (χ1) is 21.7. The summed E-state index contributed by atoms with van der Waals surface area (Å²) in [7, 11) is 0. The standard InChI is InChI=1S/C34H42N8O2/c43-33-30(24-5-7-25(8-6-24)31-4-2-14-36-31)21-26-22-37-34(40-32(26)42(33)16-15-41-17-19-44-20-18-41)39-28-11-9-27(10-12-28)38-29-3-1-13-35-23-29/h5-12,21-22,29,31,35-36,38H,1-4,13-20,23H2,(H,37,39,40). The molecule has 10 heteroatoms. The van der Waals surface area contributed by atoms with Gasteiger partial charge < -0.3 is 26.0 Å². The zero-order chi connectivity index (χ0) is 29.7. The maximum absolute atomic E-state index is 14.1. The average Bonchev–Trinajstić information content (AvgIpc) is 3.62. The number of nitrogens with one attached hydrogen (secondary N) is 4. The quantitative estimate of drug-likeness (QED) is 0.228. The van der Waals surface area contributed by atoms with E-state index in [1.165, 1.54) is 24.8 Å². The molecule has 0 radical (unpaired) electrons. The summed E-state index contributed by atoms with van der Waals surface area (Å²) >= 11 is 0. The second kappa shape index (κ2) is 13.4. The Morgan fingerprint density at radius 1 is 0.932 bits per heavy atom. The fourth-order valence-corrected chi connectivity index (χ4v) is 6.55. The fourth-order valence-electron chi connectivity index (χ4n) is 6.55. The van der Waals surface area contributed by atoms with Gasteiger partial charge in [-0.05, 0) is 80.2 Å². The lowest BCUT2D eigenvalue weighted by Crippen LogP contribution is -2.39. The van der Waals surface area contributed by atoms with Crippen molar-refractivity contribution in [2.24, 2.45) is 0 Å². The third kappa shape index (κ3) is 6.63. The average molecular weight is 595 g/mol. The molecule has 4 N–H and O–H groups in total. The third-order valence-corrected chi connectivity index (χ3v) is 9.06. The summed E-state index contributed by atoms with van der Waals surface area (Å²) in [6.45, 7) is 7.62. The smallest absolute Gasteiger partial charge is 0.260 e. The van der Waals surface area contributed by atoms with E-state index in [1.54, 1.807) is 0 Å². The number of hydrogen-bond donors (Lipinski definition) is 4. The summed E-state index contributed by atoms with van der Waals surface area (Å²) < 4.78 is 7.36. The van der Waals surface area contributed by atoms with E-state index >= 15 is 0 Å². The molecule has 4 aromatic rings. The van der Waals surface area contributed by atoms with Crippen LogP contribution in [0.15, 0.2) is 65.6 Å². The maximum Gasteiger partial charge on any atom is 0.260 e. The van der Waals surface area contributed by atoms with E-state index in [9.17, 15) is 4.79 Å². The predicted octanol–water partition coefficient (Wildman–Crippen LogP) is 4.12. The molecule has 3 fully saturated rings. The summed E-state index contributed by atoms with van der Waals surface area (Å²) in [5.41, 5.74) is 5.46. The van der Waals surface area contributed by atoms with Gasteiger partial charge in [0.25, 0.3) is 5.56 Å². The number of piperidine rings is 1. The summed E-state index contributed by atoms with van der Waals surface area (Å²) in [4.78, 5) is 25.9. The van der Waals surface area contributed by atoms with Gasteiger partial charge in [0, 0.05) is 73.3 Å². The normalized spacial score (nSPS) is 21.0. The van der Waals surface area contributed by atoms with Gasteiger partial charge >= 0.3 is 0 Å². The van der Waals surface area contributed by atoms with Gasteiger partial charge in [-0.3, -0.25) is 14.3 Å². The molecule has 3 aliphatic rings. The second-order valence-corrected chi connectivity index (χ2v) is 12.1. The van der Waals surface area contributed by atoms with Gasteiger partial charge in [0.05, 0.1) is 13.2 Å². The van der Waals surface area contributed by atoms with Crippen molar-refractivity contribution in [1.82, 2.24) is 30.1 Å². The lowest BCUT2D eigenvalue weighted by Gasteiger charge is -2.27. The van der Waals surface area contributed by atoms with Gasteiger partial charge in [-0.25, -0.2) is 4.98 Å². The van der Waals surface area contributed by atoms with Crippen molar-refractivity contribution in [3.63, 3.8) is 0 Å². The molecule has 2 unspecified atom stereocenters. The number of pyridine rings is 1. The molecule has 10 nitrogen and oxygen atoms in total. The predicted molar refractivity (Wildman–Crippen MR) is 176 cm³/mol. The van der Waals surface area contributed by atoms with E-state index in [-0.39, 0.29) is 5.56 Å². The Bertz CT molecular complexity index is 1600. The van der Waals surface area contributed by atoms with Crippen molar-refractivity contribution in [1.29, 1.82) is 0 Å². The summed E-state index contributed by atoms with van der Waals surface area (Å²) in [6, 6.07) is 19.5. The highest BCUT2D eigenvalue weighted by molar-refractivity contribution is 5.82. The molecule has 2 atom stereocenters. The Labute approximate surface area is 258 Å². The molecule has 44 heavy (non-hydrogen) atoms. The van der Waals surface area contributed by atoms with E-state index in [0.717, 1.165) is 81.2 Å². The zero-order valence-corrected chi connectivity index (χ0v) is 25.2. The number of fused-ring (bicyclic) bond motifs is 1. The number of hydrogen-bond acceptors (Lipinski definition) is 9. The molecule has 5 heterocycles. The number of morpholine rings is 1. The Morgan fingerprint density at radius 3 is 2.48 bits per heavy atom. The molecule has 230 valence electrons. The maximum atomic E-state index is 14.1. The highest BCUT2D eigenvalue weighted by Gasteiger charge is 2.19. The number of aromatic nitrogens is 3. The molecule has 2 aromatic heterocycles.